The first kappa shape index (κ1) is 27.8. The number of ether oxygens (including phenoxy) is 3. The molecule has 2 heterocycles. The number of aryl methyl sites for hydroxylation is 1. The van der Waals surface area contributed by atoms with E-state index in [2.05, 4.69) is 20.3 Å². The van der Waals surface area contributed by atoms with Crippen molar-refractivity contribution in [3.8, 4) is 11.6 Å². The van der Waals surface area contributed by atoms with Crippen molar-refractivity contribution < 1.29 is 32.2 Å². The average molecular weight is 523 g/mol. The van der Waals surface area contributed by atoms with Crippen LogP contribution in [0, 0.1) is 0 Å². The maximum atomic E-state index is 13.7. The molecule has 0 aliphatic carbocycles. The Labute approximate surface area is 211 Å². The smallest absolute Gasteiger partial charge is 0.419 e. The van der Waals surface area contributed by atoms with E-state index in [4.69, 9.17) is 14.2 Å². The SMILES string of the molecule is COc1cc2c(=O)[nH]c(CCCOc3c([C@@H](C)NC(=O)OC(C)(C)C)cccc3C(F)(F)F)nc2cn1. The monoisotopic (exact) mass is 522 g/mol. The first-order valence-corrected chi connectivity index (χ1v) is 11.5. The number of aromatic nitrogens is 3. The van der Waals surface area contributed by atoms with Gasteiger partial charge in [0, 0.05) is 18.1 Å². The average Bonchev–Trinajstić information content (AvgIpc) is 2.79. The van der Waals surface area contributed by atoms with Gasteiger partial charge < -0.3 is 24.5 Å². The molecule has 37 heavy (non-hydrogen) atoms. The molecule has 0 unspecified atom stereocenters. The number of nitrogens with zero attached hydrogens (tertiary/aromatic N) is 2. The highest BCUT2D eigenvalue weighted by Crippen LogP contribution is 2.40. The molecule has 9 nitrogen and oxygen atoms in total. The quantitative estimate of drug-likeness (QED) is 0.403. The maximum absolute atomic E-state index is 13.7. The Kier molecular flexibility index (Phi) is 8.29. The van der Waals surface area contributed by atoms with E-state index in [-0.39, 0.29) is 42.2 Å². The van der Waals surface area contributed by atoms with E-state index in [9.17, 15) is 22.8 Å². The molecular weight excluding hydrogens is 493 g/mol. The summed E-state index contributed by atoms with van der Waals surface area (Å²) in [5, 5.41) is 2.85. The number of methoxy groups -OCH3 is 1. The van der Waals surface area contributed by atoms with Crippen molar-refractivity contribution in [2.75, 3.05) is 13.7 Å². The standard InChI is InChI=1S/C25H29F3N4O5/c1-14(30-23(34)37-24(2,3)4)15-8-6-9-17(25(26,27)28)21(15)36-11-7-10-19-31-18-13-29-20(35-5)12-16(18)22(33)32-19/h6,8-9,12-14H,7,10-11H2,1-5H3,(H,30,34)(H,31,32,33)/t14-/m1/s1. The summed E-state index contributed by atoms with van der Waals surface area (Å²) < 4.78 is 57.1. The summed E-state index contributed by atoms with van der Waals surface area (Å²) in [6, 6.07) is 4.27. The lowest BCUT2D eigenvalue weighted by Crippen LogP contribution is -2.34. The number of hydrogen-bond donors (Lipinski definition) is 2. The number of amides is 1. The lowest BCUT2D eigenvalue weighted by Gasteiger charge is -2.24. The number of halogens is 3. The molecule has 0 saturated carbocycles. The van der Waals surface area contributed by atoms with Crippen LogP contribution in [0.15, 0.2) is 35.3 Å². The zero-order chi connectivity index (χ0) is 27.4. The largest absolute Gasteiger partial charge is 0.493 e. The normalized spacial score (nSPS) is 12.8. The van der Waals surface area contributed by atoms with Gasteiger partial charge in [0.25, 0.3) is 5.56 Å². The van der Waals surface area contributed by atoms with Crippen molar-refractivity contribution in [2.45, 2.75) is 58.4 Å². The third-order valence-electron chi connectivity index (χ3n) is 5.18. The summed E-state index contributed by atoms with van der Waals surface area (Å²) in [6.45, 7) is 6.49. The Morgan fingerprint density at radius 3 is 2.59 bits per heavy atom. The number of alkyl carbamates (subject to hydrolysis) is 1. The van der Waals surface area contributed by atoms with E-state index < -0.39 is 29.5 Å². The molecule has 0 aliphatic heterocycles. The van der Waals surface area contributed by atoms with E-state index in [1.165, 1.54) is 31.5 Å². The van der Waals surface area contributed by atoms with Gasteiger partial charge in [-0.15, -0.1) is 0 Å². The number of fused-ring (bicyclic) bond motifs is 1. The third-order valence-corrected chi connectivity index (χ3v) is 5.18. The fraction of sp³-hybridized carbons (Fsp3) is 0.440. The second-order valence-electron chi connectivity index (χ2n) is 9.30. The summed E-state index contributed by atoms with van der Waals surface area (Å²) in [7, 11) is 1.43. The molecule has 0 saturated heterocycles. The summed E-state index contributed by atoms with van der Waals surface area (Å²) in [5.41, 5.74) is -1.59. The zero-order valence-corrected chi connectivity index (χ0v) is 21.2. The van der Waals surface area contributed by atoms with E-state index >= 15 is 0 Å². The van der Waals surface area contributed by atoms with E-state index in [0.717, 1.165) is 6.07 Å². The van der Waals surface area contributed by atoms with Crippen LogP contribution in [0.4, 0.5) is 18.0 Å². The fourth-order valence-electron chi connectivity index (χ4n) is 3.56. The molecule has 2 aromatic heterocycles. The van der Waals surface area contributed by atoms with Gasteiger partial charge in [-0.1, -0.05) is 12.1 Å². The van der Waals surface area contributed by atoms with E-state index in [0.29, 0.717) is 16.7 Å². The molecular formula is C25H29F3N4O5. The molecule has 3 aromatic rings. The molecule has 0 fully saturated rings. The minimum absolute atomic E-state index is 0.0954. The molecule has 0 bridgehead atoms. The molecule has 200 valence electrons. The molecule has 12 heteroatoms. The Hall–Kier alpha value is -3.83. The molecule has 0 spiro atoms. The number of para-hydroxylation sites is 1. The molecule has 1 amide bonds. The molecule has 1 aromatic carbocycles. The summed E-state index contributed by atoms with van der Waals surface area (Å²) in [5.74, 6) is 0.239. The number of nitrogens with one attached hydrogen (secondary N) is 2. The van der Waals surface area contributed by atoms with Crippen LogP contribution >= 0.6 is 0 Å². The predicted octanol–water partition coefficient (Wildman–Crippen LogP) is 4.94. The van der Waals surface area contributed by atoms with Gasteiger partial charge in [-0.2, -0.15) is 13.2 Å². The van der Waals surface area contributed by atoms with Crippen molar-refractivity contribution in [1.82, 2.24) is 20.3 Å². The van der Waals surface area contributed by atoms with E-state index in [1.807, 2.05) is 0 Å². The number of hydrogen-bond acceptors (Lipinski definition) is 7. The summed E-state index contributed by atoms with van der Waals surface area (Å²) in [6.07, 6.45) is -3.52. The fourth-order valence-corrected chi connectivity index (χ4v) is 3.56. The van der Waals surface area contributed by atoms with Crippen LogP contribution in [0.2, 0.25) is 0 Å². The van der Waals surface area contributed by atoms with Crippen molar-refractivity contribution in [3.05, 3.63) is 57.8 Å². The highest BCUT2D eigenvalue weighted by atomic mass is 19.4. The summed E-state index contributed by atoms with van der Waals surface area (Å²) >= 11 is 0. The number of H-pyrrole nitrogens is 1. The molecule has 3 rings (SSSR count). The lowest BCUT2D eigenvalue weighted by molar-refractivity contribution is -0.139. The number of alkyl halides is 3. The third kappa shape index (κ3) is 7.34. The van der Waals surface area contributed by atoms with Gasteiger partial charge in [-0.25, -0.2) is 14.8 Å². The second kappa shape index (κ2) is 11.1. The van der Waals surface area contributed by atoms with Crippen molar-refractivity contribution >= 4 is 17.0 Å². The minimum atomic E-state index is -4.67. The van der Waals surface area contributed by atoms with Gasteiger partial charge in [0.1, 0.15) is 17.2 Å². The van der Waals surface area contributed by atoms with Crippen LogP contribution in [0.3, 0.4) is 0 Å². The lowest BCUT2D eigenvalue weighted by atomic mass is 10.0. The number of pyridine rings is 1. The summed E-state index contributed by atoms with van der Waals surface area (Å²) in [4.78, 5) is 35.6. The van der Waals surface area contributed by atoms with Gasteiger partial charge in [0.05, 0.1) is 42.4 Å². The Morgan fingerprint density at radius 2 is 1.95 bits per heavy atom. The molecule has 0 aliphatic rings. The highest BCUT2D eigenvalue weighted by molar-refractivity contribution is 5.77. The van der Waals surface area contributed by atoms with E-state index in [1.54, 1.807) is 27.7 Å². The van der Waals surface area contributed by atoms with Gasteiger partial charge in [-0.05, 0) is 40.2 Å². The first-order valence-electron chi connectivity index (χ1n) is 11.5. The maximum Gasteiger partial charge on any atom is 0.419 e. The molecule has 0 radical (unpaired) electrons. The van der Waals surface area contributed by atoms with Gasteiger partial charge in [0.15, 0.2) is 0 Å². The number of benzene rings is 1. The minimum Gasteiger partial charge on any atom is -0.493 e. The van der Waals surface area contributed by atoms with Crippen molar-refractivity contribution in [2.24, 2.45) is 0 Å². The Morgan fingerprint density at radius 1 is 1.22 bits per heavy atom. The zero-order valence-electron chi connectivity index (χ0n) is 21.2. The van der Waals surface area contributed by atoms with Crippen LogP contribution in [-0.2, 0) is 17.3 Å². The second-order valence-corrected chi connectivity index (χ2v) is 9.30. The van der Waals surface area contributed by atoms with Crippen molar-refractivity contribution in [3.63, 3.8) is 0 Å². The molecule has 2 N–H and O–H groups in total. The molecule has 1 atom stereocenters. The Bertz CT molecular complexity index is 1320. The number of aromatic amines is 1. The van der Waals surface area contributed by atoms with Gasteiger partial charge >= 0.3 is 12.3 Å². The van der Waals surface area contributed by atoms with Crippen LogP contribution in [0.5, 0.6) is 11.6 Å². The predicted molar refractivity (Wildman–Crippen MR) is 130 cm³/mol. The number of carbonyl (C=O) groups excluding carboxylic acids is 1. The van der Waals surface area contributed by atoms with Crippen LogP contribution in [-0.4, -0.2) is 40.4 Å². The van der Waals surface area contributed by atoms with Crippen LogP contribution in [0.25, 0.3) is 10.9 Å². The van der Waals surface area contributed by atoms with Crippen LogP contribution < -0.4 is 20.3 Å². The van der Waals surface area contributed by atoms with Gasteiger partial charge in [0.2, 0.25) is 5.88 Å². The van der Waals surface area contributed by atoms with Gasteiger partial charge in [-0.3, -0.25) is 4.79 Å². The Balaban J connectivity index is 1.75. The number of rotatable bonds is 8. The highest BCUT2D eigenvalue weighted by Gasteiger charge is 2.36. The van der Waals surface area contributed by atoms with Crippen molar-refractivity contribution in [1.29, 1.82) is 0 Å². The number of carbonyl (C=O) groups is 1. The first-order chi connectivity index (χ1) is 17.3. The topological polar surface area (TPSA) is 115 Å². The van der Waals surface area contributed by atoms with Crippen LogP contribution in [0.1, 0.15) is 57.1 Å².